The number of rotatable bonds is 6. The SMILES string of the molecule is O=C(c1nn(-c2ccccc2F)c2c1CCC2)N(Cc1ccccc1)Cc1nc2ccccc2c(=O)[nH]1. The van der Waals surface area contributed by atoms with E-state index in [0.29, 0.717) is 41.1 Å². The number of hydrogen-bond donors (Lipinski definition) is 1. The van der Waals surface area contributed by atoms with Crippen molar-refractivity contribution >= 4 is 16.8 Å². The third-order valence-electron chi connectivity index (χ3n) is 6.72. The Hall–Kier alpha value is -4.59. The number of fused-ring (bicyclic) bond motifs is 2. The van der Waals surface area contributed by atoms with Gasteiger partial charge in [0.1, 0.15) is 17.3 Å². The minimum absolute atomic E-state index is 0.0924. The lowest BCUT2D eigenvalue weighted by atomic mass is 10.1. The molecule has 184 valence electrons. The largest absolute Gasteiger partial charge is 0.325 e. The van der Waals surface area contributed by atoms with Gasteiger partial charge in [0.25, 0.3) is 11.5 Å². The van der Waals surface area contributed by atoms with Gasteiger partial charge >= 0.3 is 0 Å². The van der Waals surface area contributed by atoms with Gasteiger partial charge in [-0.3, -0.25) is 9.59 Å². The Morgan fingerprint density at radius 1 is 0.946 bits per heavy atom. The zero-order valence-electron chi connectivity index (χ0n) is 20.0. The van der Waals surface area contributed by atoms with Gasteiger partial charge in [-0.1, -0.05) is 54.6 Å². The first-order chi connectivity index (χ1) is 18.1. The zero-order chi connectivity index (χ0) is 25.4. The molecule has 0 spiro atoms. The quantitative estimate of drug-likeness (QED) is 0.375. The molecule has 1 aliphatic rings. The summed E-state index contributed by atoms with van der Waals surface area (Å²) in [6.07, 6.45) is 2.30. The lowest BCUT2D eigenvalue weighted by molar-refractivity contribution is 0.0718. The smallest absolute Gasteiger partial charge is 0.275 e. The zero-order valence-corrected chi connectivity index (χ0v) is 20.0. The van der Waals surface area contributed by atoms with Gasteiger partial charge in [-0.05, 0) is 49.1 Å². The van der Waals surface area contributed by atoms with Gasteiger partial charge in [-0.2, -0.15) is 5.10 Å². The van der Waals surface area contributed by atoms with E-state index < -0.39 is 5.82 Å². The molecule has 0 unspecified atom stereocenters. The average Bonchev–Trinajstić information content (AvgIpc) is 3.52. The highest BCUT2D eigenvalue weighted by Crippen LogP contribution is 2.30. The normalized spacial score (nSPS) is 12.6. The van der Waals surface area contributed by atoms with Crippen LogP contribution < -0.4 is 5.56 Å². The van der Waals surface area contributed by atoms with E-state index in [2.05, 4.69) is 15.1 Å². The summed E-state index contributed by atoms with van der Waals surface area (Å²) in [7, 11) is 0. The molecule has 0 radical (unpaired) electrons. The van der Waals surface area contributed by atoms with Crippen molar-refractivity contribution in [2.75, 3.05) is 0 Å². The topological polar surface area (TPSA) is 83.9 Å². The molecule has 2 heterocycles. The van der Waals surface area contributed by atoms with Crippen LogP contribution in [0, 0.1) is 5.82 Å². The molecule has 0 bridgehead atoms. The Kier molecular flexibility index (Phi) is 5.84. The molecule has 2 aromatic heterocycles. The molecule has 0 atom stereocenters. The van der Waals surface area contributed by atoms with E-state index in [1.807, 2.05) is 36.4 Å². The van der Waals surface area contributed by atoms with Gasteiger partial charge in [0.2, 0.25) is 0 Å². The predicted molar refractivity (Wildman–Crippen MR) is 138 cm³/mol. The molecule has 6 rings (SSSR count). The number of carbonyl (C=O) groups is 1. The fourth-order valence-corrected chi connectivity index (χ4v) is 4.98. The summed E-state index contributed by atoms with van der Waals surface area (Å²) in [4.78, 5) is 35.8. The van der Waals surface area contributed by atoms with E-state index in [1.54, 1.807) is 46.0 Å². The standard InChI is InChI=1S/C29H24FN5O2/c30-22-13-5-7-15-25(22)35-24-16-8-12-21(24)27(33-35)29(37)34(17-19-9-2-1-3-10-19)18-26-31-23-14-6-4-11-20(23)28(36)32-26/h1-7,9-11,13-15H,8,12,16-18H2,(H,31,32,36). The van der Waals surface area contributed by atoms with Gasteiger partial charge in [-0.15, -0.1) is 0 Å². The number of aromatic amines is 1. The first-order valence-corrected chi connectivity index (χ1v) is 12.3. The number of aromatic nitrogens is 4. The fourth-order valence-electron chi connectivity index (χ4n) is 4.98. The lowest BCUT2D eigenvalue weighted by Gasteiger charge is -2.22. The maximum Gasteiger partial charge on any atom is 0.275 e. The second-order valence-corrected chi connectivity index (χ2v) is 9.17. The molecular formula is C29H24FN5O2. The van der Waals surface area contributed by atoms with Gasteiger partial charge in [-0.25, -0.2) is 14.1 Å². The Morgan fingerprint density at radius 2 is 1.70 bits per heavy atom. The molecule has 0 saturated heterocycles. The Labute approximate surface area is 212 Å². The molecule has 1 amide bonds. The summed E-state index contributed by atoms with van der Waals surface area (Å²) < 4.78 is 16.2. The number of nitrogens with one attached hydrogen (secondary N) is 1. The van der Waals surface area contributed by atoms with Crippen molar-refractivity contribution in [2.45, 2.75) is 32.4 Å². The number of nitrogens with zero attached hydrogens (tertiary/aromatic N) is 4. The van der Waals surface area contributed by atoms with Crippen LogP contribution in [0.25, 0.3) is 16.6 Å². The van der Waals surface area contributed by atoms with E-state index in [1.165, 1.54) is 6.07 Å². The maximum atomic E-state index is 14.7. The first-order valence-electron chi connectivity index (χ1n) is 12.3. The van der Waals surface area contributed by atoms with Crippen molar-refractivity contribution in [3.05, 3.63) is 123 Å². The fraction of sp³-hybridized carbons (Fsp3) is 0.172. The molecule has 1 aliphatic carbocycles. The highest BCUT2D eigenvalue weighted by atomic mass is 19.1. The molecule has 0 saturated carbocycles. The molecule has 1 N–H and O–H groups in total. The number of carbonyl (C=O) groups excluding carboxylic acids is 1. The third kappa shape index (κ3) is 4.31. The second kappa shape index (κ2) is 9.46. The summed E-state index contributed by atoms with van der Waals surface area (Å²) in [5.74, 6) is -0.288. The van der Waals surface area contributed by atoms with Gasteiger partial charge < -0.3 is 9.88 Å². The number of halogens is 1. The van der Waals surface area contributed by atoms with Crippen molar-refractivity contribution in [3.63, 3.8) is 0 Å². The van der Waals surface area contributed by atoms with Crippen LogP contribution in [0.1, 0.15) is 39.6 Å². The maximum absolute atomic E-state index is 14.7. The Morgan fingerprint density at radius 3 is 2.54 bits per heavy atom. The summed E-state index contributed by atoms with van der Waals surface area (Å²) in [5.41, 5.74) is 3.61. The average molecular weight is 494 g/mol. The van der Waals surface area contributed by atoms with Crippen molar-refractivity contribution in [3.8, 4) is 5.69 Å². The van der Waals surface area contributed by atoms with Crippen LogP contribution in [-0.4, -0.2) is 30.6 Å². The summed E-state index contributed by atoms with van der Waals surface area (Å²) in [5, 5.41) is 5.12. The van der Waals surface area contributed by atoms with Gasteiger partial charge in [0, 0.05) is 17.8 Å². The molecule has 7 nitrogen and oxygen atoms in total. The van der Waals surface area contributed by atoms with Crippen LogP contribution in [0.4, 0.5) is 4.39 Å². The number of benzene rings is 3. The second-order valence-electron chi connectivity index (χ2n) is 9.17. The Bertz CT molecular complexity index is 1680. The summed E-state index contributed by atoms with van der Waals surface area (Å²) >= 11 is 0. The van der Waals surface area contributed by atoms with E-state index >= 15 is 0 Å². The first kappa shape index (κ1) is 22.8. The van der Waals surface area contributed by atoms with Crippen molar-refractivity contribution in [1.29, 1.82) is 0 Å². The molecule has 37 heavy (non-hydrogen) atoms. The van der Waals surface area contributed by atoms with Gasteiger partial charge in [0.05, 0.1) is 17.4 Å². The molecule has 0 aliphatic heterocycles. The molecular weight excluding hydrogens is 469 g/mol. The van der Waals surface area contributed by atoms with E-state index in [4.69, 9.17) is 0 Å². The van der Waals surface area contributed by atoms with Crippen LogP contribution in [0.15, 0.2) is 83.7 Å². The molecule has 3 aromatic carbocycles. The highest BCUT2D eigenvalue weighted by molar-refractivity contribution is 5.94. The van der Waals surface area contributed by atoms with E-state index in [0.717, 1.165) is 29.7 Å². The van der Waals surface area contributed by atoms with Crippen LogP contribution in [0.3, 0.4) is 0 Å². The number of amides is 1. The lowest BCUT2D eigenvalue weighted by Crippen LogP contribution is -2.32. The van der Waals surface area contributed by atoms with E-state index in [-0.39, 0.29) is 18.0 Å². The monoisotopic (exact) mass is 493 g/mol. The predicted octanol–water partition coefficient (Wildman–Crippen LogP) is 4.58. The molecule has 8 heteroatoms. The molecule has 0 fully saturated rings. The number of para-hydroxylation sites is 2. The van der Waals surface area contributed by atoms with Crippen molar-refractivity contribution in [1.82, 2.24) is 24.6 Å². The van der Waals surface area contributed by atoms with Crippen LogP contribution in [-0.2, 0) is 25.9 Å². The van der Waals surface area contributed by atoms with Gasteiger partial charge in [0.15, 0.2) is 5.69 Å². The van der Waals surface area contributed by atoms with Crippen LogP contribution in [0.5, 0.6) is 0 Å². The summed E-state index contributed by atoms with van der Waals surface area (Å²) in [6, 6.07) is 23.2. The van der Waals surface area contributed by atoms with Crippen molar-refractivity contribution < 1.29 is 9.18 Å². The molecule has 5 aromatic rings. The highest BCUT2D eigenvalue weighted by Gasteiger charge is 2.30. The summed E-state index contributed by atoms with van der Waals surface area (Å²) in [6.45, 7) is 0.396. The number of H-pyrrole nitrogens is 1. The minimum atomic E-state index is -0.391. The van der Waals surface area contributed by atoms with E-state index in [9.17, 15) is 14.0 Å². The van der Waals surface area contributed by atoms with Crippen LogP contribution >= 0.6 is 0 Å². The third-order valence-corrected chi connectivity index (χ3v) is 6.72. The minimum Gasteiger partial charge on any atom is -0.325 e. The Balaban J connectivity index is 1.41. The van der Waals surface area contributed by atoms with Crippen molar-refractivity contribution in [2.24, 2.45) is 0 Å². The van der Waals surface area contributed by atoms with Crippen LogP contribution in [0.2, 0.25) is 0 Å². The number of hydrogen-bond acceptors (Lipinski definition) is 4.